The third-order valence-electron chi connectivity index (χ3n) is 9.39. The van der Waals surface area contributed by atoms with E-state index in [4.69, 9.17) is 23.7 Å². The third-order valence-corrected chi connectivity index (χ3v) is 9.39. The summed E-state index contributed by atoms with van der Waals surface area (Å²) in [6.45, 7) is 0. The van der Waals surface area contributed by atoms with E-state index in [0.717, 1.165) is 59.3 Å². The summed E-state index contributed by atoms with van der Waals surface area (Å²) >= 11 is 0. The molecule has 8 nitrogen and oxygen atoms in total. The molecule has 0 bridgehead atoms. The van der Waals surface area contributed by atoms with Crippen molar-refractivity contribution in [1.29, 1.82) is 0 Å². The van der Waals surface area contributed by atoms with Crippen LogP contribution in [0.3, 0.4) is 0 Å². The Bertz CT molecular complexity index is 2090. The second kappa shape index (κ2) is 13.8. The van der Waals surface area contributed by atoms with Crippen LogP contribution in [0.5, 0.6) is 28.7 Å². The standard InChI is InChI=1S/C42H34O8/c1-46-32-16-9-27(10-17-32)11-22-37(43)49-35-7-3-5-28-23-25-42(38(28)35)26-24-29-6-4-8-36(39(29)42)50-41(45)31-14-20-34(21-15-31)48-40(44)30-12-18-33(47-2)19-13-30/h3-22H,23-26H2,1-2H3/b22-11+/t42-/m0/s1. The molecule has 8 heteroatoms. The summed E-state index contributed by atoms with van der Waals surface area (Å²) in [6.07, 6.45) is 6.34. The number of hydrogen-bond acceptors (Lipinski definition) is 8. The molecule has 5 aromatic rings. The number of fused-ring (bicyclic) bond motifs is 4. The van der Waals surface area contributed by atoms with Gasteiger partial charge in [0.05, 0.1) is 25.3 Å². The van der Waals surface area contributed by atoms with Gasteiger partial charge in [-0.3, -0.25) is 0 Å². The molecule has 2 aliphatic carbocycles. The monoisotopic (exact) mass is 666 g/mol. The maximum Gasteiger partial charge on any atom is 0.343 e. The van der Waals surface area contributed by atoms with Crippen LogP contribution in [-0.2, 0) is 23.1 Å². The first-order chi connectivity index (χ1) is 24.4. The molecule has 0 amide bonds. The lowest BCUT2D eigenvalue weighted by Crippen LogP contribution is -2.24. The van der Waals surface area contributed by atoms with Crippen molar-refractivity contribution in [2.24, 2.45) is 0 Å². The van der Waals surface area contributed by atoms with Crippen LogP contribution in [0.1, 0.15) is 61.4 Å². The van der Waals surface area contributed by atoms with Gasteiger partial charge in [0.25, 0.3) is 0 Å². The number of esters is 3. The van der Waals surface area contributed by atoms with Crippen molar-refractivity contribution in [2.45, 2.75) is 31.1 Å². The summed E-state index contributed by atoms with van der Waals surface area (Å²) in [5.74, 6) is 1.12. The quantitative estimate of drug-likeness (QED) is 0.0889. The first-order valence-electron chi connectivity index (χ1n) is 16.3. The van der Waals surface area contributed by atoms with Gasteiger partial charge in [-0.25, -0.2) is 14.4 Å². The summed E-state index contributed by atoms with van der Waals surface area (Å²) in [6, 6.07) is 31.9. The van der Waals surface area contributed by atoms with Crippen LogP contribution in [0, 0.1) is 0 Å². The average Bonchev–Trinajstić information content (AvgIpc) is 3.73. The normalized spacial score (nSPS) is 15.7. The number of aryl methyl sites for hydroxylation is 2. The van der Waals surface area contributed by atoms with E-state index in [-0.39, 0.29) is 0 Å². The molecule has 1 atom stereocenters. The lowest BCUT2D eigenvalue weighted by Gasteiger charge is -2.29. The van der Waals surface area contributed by atoms with Crippen LogP contribution in [-0.4, -0.2) is 32.1 Å². The zero-order chi connectivity index (χ0) is 34.7. The van der Waals surface area contributed by atoms with E-state index >= 15 is 0 Å². The van der Waals surface area contributed by atoms with Gasteiger partial charge in [0.1, 0.15) is 28.7 Å². The molecule has 250 valence electrons. The molecule has 0 aromatic heterocycles. The van der Waals surface area contributed by atoms with Gasteiger partial charge in [0, 0.05) is 22.6 Å². The van der Waals surface area contributed by atoms with Crippen molar-refractivity contribution >= 4 is 24.0 Å². The van der Waals surface area contributed by atoms with Gasteiger partial charge >= 0.3 is 17.9 Å². The predicted molar refractivity (Wildman–Crippen MR) is 187 cm³/mol. The van der Waals surface area contributed by atoms with E-state index in [1.807, 2.05) is 48.5 Å². The van der Waals surface area contributed by atoms with E-state index < -0.39 is 23.3 Å². The van der Waals surface area contributed by atoms with E-state index in [0.29, 0.717) is 34.1 Å². The molecule has 0 N–H and O–H groups in total. The number of carbonyl (C=O) groups excluding carboxylic acids is 3. The molecule has 0 radical (unpaired) electrons. The van der Waals surface area contributed by atoms with Gasteiger partial charge in [-0.1, -0.05) is 36.4 Å². The molecule has 0 fully saturated rings. The van der Waals surface area contributed by atoms with Crippen LogP contribution in [0.15, 0.2) is 115 Å². The second-order valence-electron chi connectivity index (χ2n) is 12.2. The Morgan fingerprint density at radius 3 is 1.58 bits per heavy atom. The molecule has 0 saturated carbocycles. The summed E-state index contributed by atoms with van der Waals surface area (Å²) in [5.41, 5.74) is 5.19. The Hall–Kier alpha value is -6.15. The van der Waals surface area contributed by atoms with Gasteiger partial charge in [0.15, 0.2) is 0 Å². The lowest BCUT2D eigenvalue weighted by molar-refractivity contribution is -0.129. The Morgan fingerprint density at radius 1 is 0.560 bits per heavy atom. The van der Waals surface area contributed by atoms with Crippen molar-refractivity contribution in [2.75, 3.05) is 14.2 Å². The van der Waals surface area contributed by atoms with Crippen LogP contribution in [0.2, 0.25) is 0 Å². The van der Waals surface area contributed by atoms with Gasteiger partial charge in [-0.15, -0.1) is 0 Å². The summed E-state index contributed by atoms with van der Waals surface area (Å²) in [4.78, 5) is 39.2. The Balaban J connectivity index is 1.10. The Labute approximate surface area is 289 Å². The highest BCUT2D eigenvalue weighted by atomic mass is 16.5. The number of methoxy groups -OCH3 is 2. The smallest absolute Gasteiger partial charge is 0.343 e. The summed E-state index contributed by atoms with van der Waals surface area (Å²) in [7, 11) is 3.16. The number of rotatable bonds is 9. The highest BCUT2D eigenvalue weighted by molar-refractivity contribution is 5.93. The molecule has 0 heterocycles. The van der Waals surface area contributed by atoms with Crippen molar-refractivity contribution < 1.29 is 38.1 Å². The average molecular weight is 667 g/mol. The van der Waals surface area contributed by atoms with Gasteiger partial charge in [0.2, 0.25) is 0 Å². The fraction of sp³-hybridized carbons (Fsp3) is 0.167. The summed E-state index contributed by atoms with van der Waals surface area (Å²) in [5, 5.41) is 0. The minimum absolute atomic E-state index is 0.297. The molecular weight excluding hydrogens is 632 g/mol. The van der Waals surface area contributed by atoms with E-state index in [1.54, 1.807) is 68.8 Å². The fourth-order valence-corrected chi connectivity index (χ4v) is 7.00. The maximum absolute atomic E-state index is 13.5. The molecule has 0 unspecified atom stereocenters. The first-order valence-corrected chi connectivity index (χ1v) is 16.3. The molecule has 2 aliphatic rings. The maximum atomic E-state index is 13.5. The number of hydrogen-bond donors (Lipinski definition) is 0. The molecular formula is C42H34O8. The van der Waals surface area contributed by atoms with Crippen LogP contribution in [0.4, 0.5) is 0 Å². The molecule has 5 aromatic carbocycles. The highest BCUT2D eigenvalue weighted by Crippen LogP contribution is 2.57. The zero-order valence-corrected chi connectivity index (χ0v) is 27.6. The zero-order valence-electron chi connectivity index (χ0n) is 27.6. The van der Waals surface area contributed by atoms with Crippen molar-refractivity contribution in [3.8, 4) is 28.7 Å². The topological polar surface area (TPSA) is 97.4 Å². The Morgan fingerprint density at radius 2 is 1.04 bits per heavy atom. The minimum atomic E-state index is -0.532. The highest BCUT2D eigenvalue weighted by Gasteiger charge is 2.48. The van der Waals surface area contributed by atoms with E-state index in [9.17, 15) is 14.4 Å². The minimum Gasteiger partial charge on any atom is -0.497 e. The number of benzene rings is 5. The SMILES string of the molecule is COc1ccc(/C=C/C(=O)Oc2cccc3c2[C@]2(CC3)CCc3cccc(OC(=O)c4ccc(OC(=O)c5ccc(OC)cc5)cc4)c32)cc1. The van der Waals surface area contributed by atoms with Crippen LogP contribution >= 0.6 is 0 Å². The van der Waals surface area contributed by atoms with Gasteiger partial charge in [-0.2, -0.15) is 0 Å². The second-order valence-corrected chi connectivity index (χ2v) is 12.2. The Kier molecular flexibility index (Phi) is 8.92. The van der Waals surface area contributed by atoms with E-state index in [2.05, 4.69) is 12.1 Å². The molecule has 1 spiro atoms. The first kappa shape index (κ1) is 32.4. The molecule has 7 rings (SSSR count). The fourth-order valence-electron chi connectivity index (χ4n) is 7.00. The third kappa shape index (κ3) is 6.35. The van der Waals surface area contributed by atoms with Crippen LogP contribution in [0.25, 0.3) is 6.08 Å². The number of carbonyl (C=O) groups is 3. The van der Waals surface area contributed by atoms with Gasteiger partial charge in [-0.05, 0) is 121 Å². The predicted octanol–water partition coefficient (Wildman–Crippen LogP) is 7.94. The lowest BCUT2D eigenvalue weighted by atomic mass is 9.76. The van der Waals surface area contributed by atoms with Crippen molar-refractivity contribution in [1.82, 2.24) is 0 Å². The van der Waals surface area contributed by atoms with Crippen molar-refractivity contribution in [3.05, 3.63) is 154 Å². The van der Waals surface area contributed by atoms with E-state index in [1.165, 1.54) is 6.08 Å². The molecule has 50 heavy (non-hydrogen) atoms. The van der Waals surface area contributed by atoms with Gasteiger partial charge < -0.3 is 23.7 Å². The largest absolute Gasteiger partial charge is 0.497 e. The molecule has 0 aliphatic heterocycles. The number of ether oxygens (including phenoxy) is 5. The van der Waals surface area contributed by atoms with Crippen LogP contribution < -0.4 is 23.7 Å². The molecule has 0 saturated heterocycles. The van der Waals surface area contributed by atoms with Crippen molar-refractivity contribution in [3.63, 3.8) is 0 Å². The summed E-state index contributed by atoms with van der Waals surface area (Å²) < 4.78 is 27.9.